The van der Waals surface area contributed by atoms with Crippen LogP contribution in [0.25, 0.3) is 0 Å². The third kappa shape index (κ3) is 4.48. The molecule has 1 aromatic carbocycles. The summed E-state index contributed by atoms with van der Waals surface area (Å²) in [5.74, 6) is 1.29. The predicted molar refractivity (Wildman–Crippen MR) is 69.1 cm³/mol. The summed E-state index contributed by atoms with van der Waals surface area (Å²) in [6, 6.07) is 8.68. The maximum Gasteiger partial charge on any atom is 0.185 e. The van der Waals surface area contributed by atoms with Gasteiger partial charge in [0.15, 0.2) is 5.12 Å². The molecule has 18 heavy (non-hydrogen) atoms. The van der Waals surface area contributed by atoms with Crippen LogP contribution in [0.2, 0.25) is 0 Å². The Balaban J connectivity index is 2.47. The highest BCUT2D eigenvalue weighted by molar-refractivity contribution is 8.13. The molecule has 0 saturated heterocycles. The van der Waals surface area contributed by atoms with Crippen molar-refractivity contribution >= 4 is 16.9 Å². The van der Waals surface area contributed by atoms with Gasteiger partial charge >= 0.3 is 0 Å². The van der Waals surface area contributed by atoms with E-state index >= 15 is 0 Å². The van der Waals surface area contributed by atoms with E-state index in [0.717, 1.165) is 12.2 Å². The fourth-order valence-electron chi connectivity index (χ4n) is 1.27. The summed E-state index contributed by atoms with van der Waals surface area (Å²) in [5, 5.41) is 17.7. The van der Waals surface area contributed by atoms with Crippen molar-refractivity contribution in [2.24, 2.45) is 0 Å². The summed E-state index contributed by atoms with van der Waals surface area (Å²) in [5.41, 5.74) is 0.657. The predicted octanol–water partition coefficient (Wildman–Crippen LogP) is 2.48. The maximum absolute atomic E-state index is 10.7. The highest BCUT2D eigenvalue weighted by atomic mass is 32.2. The van der Waals surface area contributed by atoms with E-state index in [-0.39, 0.29) is 5.12 Å². The quantitative estimate of drug-likeness (QED) is 0.760. The average Bonchev–Trinajstić information content (AvgIpc) is 2.37. The van der Waals surface area contributed by atoms with Gasteiger partial charge in [0.2, 0.25) is 0 Å². The Hall–Kier alpha value is -1.98. The van der Waals surface area contributed by atoms with Crippen LogP contribution in [0.3, 0.4) is 0 Å². The molecule has 0 aliphatic rings. The number of carbonyl (C=O) groups is 1. The second kappa shape index (κ2) is 7.37. The zero-order valence-electron chi connectivity index (χ0n) is 9.97. The number of thioether (sulfide) groups is 1. The molecule has 4 nitrogen and oxygen atoms in total. The number of hydrogen-bond acceptors (Lipinski definition) is 5. The molecule has 0 aliphatic heterocycles. The summed E-state index contributed by atoms with van der Waals surface area (Å²) < 4.78 is 5.44. The van der Waals surface area contributed by atoms with Crippen molar-refractivity contribution in [1.29, 1.82) is 10.5 Å². The number of rotatable bonds is 5. The first kappa shape index (κ1) is 14.1. The van der Waals surface area contributed by atoms with Crippen LogP contribution in [0.5, 0.6) is 5.75 Å². The molecule has 0 bridgehead atoms. The van der Waals surface area contributed by atoms with Gasteiger partial charge in [0.25, 0.3) is 0 Å². The van der Waals surface area contributed by atoms with Gasteiger partial charge in [-0.3, -0.25) is 4.79 Å². The van der Waals surface area contributed by atoms with E-state index in [2.05, 4.69) is 0 Å². The fraction of sp³-hybridized carbons (Fsp3) is 0.308. The van der Waals surface area contributed by atoms with Crippen LogP contribution < -0.4 is 4.74 Å². The number of benzene rings is 1. The van der Waals surface area contributed by atoms with Crippen molar-refractivity contribution < 1.29 is 9.53 Å². The minimum Gasteiger partial charge on any atom is -0.494 e. The van der Waals surface area contributed by atoms with Crippen LogP contribution in [0.1, 0.15) is 24.5 Å². The summed E-state index contributed by atoms with van der Waals surface area (Å²) >= 11 is 1.27. The van der Waals surface area contributed by atoms with E-state index in [1.807, 2.05) is 12.1 Å². The first-order chi connectivity index (χ1) is 8.67. The lowest BCUT2D eigenvalue weighted by Gasteiger charge is -2.06. The number of nitriles is 2. The molecule has 0 saturated carbocycles. The van der Waals surface area contributed by atoms with E-state index in [9.17, 15) is 4.79 Å². The molecule has 0 spiro atoms. The highest BCUT2D eigenvalue weighted by Gasteiger charge is 2.03. The standard InChI is InChI=1S/C13H12N2O2S/c1-10(16)18-6-2-5-17-13-4-3-11(8-14)12(7-13)9-15/h3-4,7H,2,5-6H2,1H3. The Morgan fingerprint density at radius 1 is 1.33 bits per heavy atom. The van der Waals surface area contributed by atoms with Crippen molar-refractivity contribution in [3.63, 3.8) is 0 Å². The van der Waals surface area contributed by atoms with Crippen molar-refractivity contribution in [3.05, 3.63) is 29.3 Å². The molecule has 0 amide bonds. The molecule has 1 aromatic rings. The van der Waals surface area contributed by atoms with Gasteiger partial charge in [-0.2, -0.15) is 10.5 Å². The molecule has 0 atom stereocenters. The molecular formula is C13H12N2O2S. The van der Waals surface area contributed by atoms with Gasteiger partial charge in [-0.05, 0) is 24.6 Å². The molecule has 0 unspecified atom stereocenters. The normalized spacial score (nSPS) is 9.28. The van der Waals surface area contributed by atoms with Crippen LogP contribution in [0, 0.1) is 22.7 Å². The lowest BCUT2D eigenvalue weighted by molar-refractivity contribution is -0.109. The summed E-state index contributed by atoms with van der Waals surface area (Å²) in [7, 11) is 0. The van der Waals surface area contributed by atoms with Crippen molar-refractivity contribution in [2.45, 2.75) is 13.3 Å². The number of carbonyl (C=O) groups excluding carboxylic acids is 1. The molecule has 0 aliphatic carbocycles. The topological polar surface area (TPSA) is 73.9 Å². The van der Waals surface area contributed by atoms with Gasteiger partial charge in [-0.1, -0.05) is 11.8 Å². The monoisotopic (exact) mass is 260 g/mol. The second-order valence-corrected chi connectivity index (χ2v) is 4.74. The summed E-state index contributed by atoms with van der Waals surface area (Å²) in [4.78, 5) is 10.7. The van der Waals surface area contributed by atoms with E-state index < -0.39 is 0 Å². The van der Waals surface area contributed by atoms with Gasteiger partial charge in [-0.15, -0.1) is 0 Å². The first-order valence-corrected chi connectivity index (χ1v) is 6.36. The molecular weight excluding hydrogens is 248 g/mol. The first-order valence-electron chi connectivity index (χ1n) is 5.37. The van der Waals surface area contributed by atoms with E-state index in [1.54, 1.807) is 18.2 Å². The van der Waals surface area contributed by atoms with E-state index in [4.69, 9.17) is 15.3 Å². The second-order valence-electron chi connectivity index (χ2n) is 3.47. The Morgan fingerprint density at radius 2 is 2.06 bits per heavy atom. The lowest BCUT2D eigenvalue weighted by Crippen LogP contribution is -2.00. The van der Waals surface area contributed by atoms with Crippen LogP contribution in [0.15, 0.2) is 18.2 Å². The largest absolute Gasteiger partial charge is 0.494 e. The minimum absolute atomic E-state index is 0.0974. The third-order valence-corrected chi connectivity index (χ3v) is 2.99. The van der Waals surface area contributed by atoms with Gasteiger partial charge in [0, 0.05) is 12.7 Å². The fourth-order valence-corrected chi connectivity index (χ4v) is 1.82. The zero-order chi connectivity index (χ0) is 13.4. The maximum atomic E-state index is 10.7. The third-order valence-electron chi connectivity index (χ3n) is 2.09. The van der Waals surface area contributed by atoms with Gasteiger partial charge in [0.1, 0.15) is 17.9 Å². The van der Waals surface area contributed by atoms with Gasteiger partial charge in [0.05, 0.1) is 17.7 Å². The molecule has 0 fully saturated rings. The number of nitrogens with zero attached hydrogens (tertiary/aromatic N) is 2. The minimum atomic E-state index is 0.0974. The number of ether oxygens (including phenoxy) is 1. The van der Waals surface area contributed by atoms with Crippen LogP contribution in [0.4, 0.5) is 0 Å². The lowest BCUT2D eigenvalue weighted by atomic mass is 10.1. The molecule has 0 radical (unpaired) electrons. The molecule has 0 aromatic heterocycles. The summed E-state index contributed by atoms with van der Waals surface area (Å²) in [6.07, 6.45) is 0.756. The number of hydrogen-bond donors (Lipinski definition) is 0. The Kier molecular flexibility index (Phi) is 5.76. The Labute approximate surface area is 110 Å². The van der Waals surface area contributed by atoms with Crippen molar-refractivity contribution in [2.75, 3.05) is 12.4 Å². The van der Waals surface area contributed by atoms with Crippen LogP contribution in [-0.2, 0) is 4.79 Å². The molecule has 92 valence electrons. The van der Waals surface area contributed by atoms with Crippen LogP contribution >= 0.6 is 11.8 Å². The van der Waals surface area contributed by atoms with Gasteiger partial charge < -0.3 is 4.74 Å². The highest BCUT2D eigenvalue weighted by Crippen LogP contribution is 2.17. The SMILES string of the molecule is CC(=O)SCCCOc1ccc(C#N)c(C#N)c1. The van der Waals surface area contributed by atoms with Crippen molar-refractivity contribution in [1.82, 2.24) is 0 Å². The smallest absolute Gasteiger partial charge is 0.185 e. The molecule has 1 rings (SSSR count). The van der Waals surface area contributed by atoms with E-state index in [0.29, 0.717) is 23.5 Å². The average molecular weight is 260 g/mol. The Morgan fingerprint density at radius 3 is 2.67 bits per heavy atom. The molecule has 5 heteroatoms. The summed E-state index contributed by atoms with van der Waals surface area (Å²) in [6.45, 7) is 2.02. The molecule has 0 heterocycles. The van der Waals surface area contributed by atoms with E-state index in [1.165, 1.54) is 18.7 Å². The van der Waals surface area contributed by atoms with Crippen molar-refractivity contribution in [3.8, 4) is 17.9 Å². The Bertz CT molecular complexity index is 515. The van der Waals surface area contributed by atoms with Gasteiger partial charge in [-0.25, -0.2) is 0 Å². The molecule has 0 N–H and O–H groups in total. The zero-order valence-corrected chi connectivity index (χ0v) is 10.8. The van der Waals surface area contributed by atoms with Crippen LogP contribution in [-0.4, -0.2) is 17.5 Å².